The summed E-state index contributed by atoms with van der Waals surface area (Å²) < 4.78 is 0. The van der Waals surface area contributed by atoms with Crippen LogP contribution in [0.2, 0.25) is 0 Å². The molecule has 1 rings (SSSR count). The van der Waals surface area contributed by atoms with Crippen LogP contribution in [0, 0.1) is 5.92 Å². The average molecular weight is 297 g/mol. The number of rotatable bonds is 12. The quantitative estimate of drug-likeness (QED) is 0.401. The molecule has 0 aliphatic heterocycles. The minimum atomic E-state index is -0.388. The number of aliphatic hydroxyl groups is 1. The van der Waals surface area contributed by atoms with Gasteiger partial charge in [0, 0.05) is 0 Å². The summed E-state index contributed by atoms with van der Waals surface area (Å²) in [6.07, 6.45) is 21.4. The van der Waals surface area contributed by atoms with Crippen molar-refractivity contribution in [2.24, 2.45) is 5.92 Å². The molecule has 21 heavy (non-hydrogen) atoms. The smallest absolute Gasteiger partial charge is 0.0647 e. The van der Waals surface area contributed by atoms with Gasteiger partial charge in [-0.25, -0.2) is 0 Å². The van der Waals surface area contributed by atoms with Crippen LogP contribution in [0.3, 0.4) is 0 Å². The number of unbranched alkanes of at least 4 members (excludes halogenated alkanes) is 9. The van der Waals surface area contributed by atoms with Crippen molar-refractivity contribution in [3.05, 3.63) is 0 Å². The van der Waals surface area contributed by atoms with Gasteiger partial charge in [0.15, 0.2) is 0 Å². The van der Waals surface area contributed by atoms with Crippen molar-refractivity contribution < 1.29 is 5.11 Å². The van der Waals surface area contributed by atoms with Gasteiger partial charge in [-0.2, -0.15) is 0 Å². The minimum absolute atomic E-state index is 0.388. The fourth-order valence-electron chi connectivity index (χ4n) is 3.90. The summed E-state index contributed by atoms with van der Waals surface area (Å²) in [6, 6.07) is 0. The van der Waals surface area contributed by atoms with Gasteiger partial charge in [-0.1, -0.05) is 90.4 Å². The molecule has 0 heterocycles. The Bertz CT molecular complexity index is 228. The molecule has 1 fully saturated rings. The first-order valence-electron chi connectivity index (χ1n) is 9.89. The summed E-state index contributed by atoms with van der Waals surface area (Å²) in [4.78, 5) is 0. The lowest BCUT2D eigenvalue weighted by atomic mass is 9.75. The molecule has 1 nitrogen and oxygen atoms in total. The van der Waals surface area contributed by atoms with Gasteiger partial charge in [0.25, 0.3) is 0 Å². The highest BCUT2D eigenvalue weighted by atomic mass is 16.3. The van der Waals surface area contributed by atoms with Gasteiger partial charge in [-0.3, -0.25) is 0 Å². The largest absolute Gasteiger partial charge is 0.390 e. The summed E-state index contributed by atoms with van der Waals surface area (Å²) >= 11 is 0. The first kappa shape index (κ1) is 19.0. The van der Waals surface area contributed by atoms with Crippen molar-refractivity contribution in [1.82, 2.24) is 0 Å². The lowest BCUT2D eigenvalue weighted by Gasteiger charge is -2.35. The molecule has 1 unspecified atom stereocenters. The standard InChI is InChI=1S/C20H40O/c1-3-4-5-6-7-8-9-10-11-15-18-20(2,21)19-16-13-12-14-17-19/h19,21H,3-18H2,1-2H3. The summed E-state index contributed by atoms with van der Waals surface area (Å²) in [7, 11) is 0. The number of hydrogen-bond donors (Lipinski definition) is 1. The lowest BCUT2D eigenvalue weighted by molar-refractivity contribution is -0.0254. The monoisotopic (exact) mass is 296 g/mol. The molecule has 0 aromatic rings. The van der Waals surface area contributed by atoms with Crippen molar-refractivity contribution in [2.75, 3.05) is 0 Å². The highest BCUT2D eigenvalue weighted by molar-refractivity contribution is 4.84. The lowest BCUT2D eigenvalue weighted by Crippen LogP contribution is -2.35. The summed E-state index contributed by atoms with van der Waals surface area (Å²) in [5.41, 5.74) is -0.388. The second kappa shape index (κ2) is 11.5. The zero-order chi connectivity index (χ0) is 15.4. The zero-order valence-electron chi connectivity index (χ0n) is 14.8. The molecule has 1 saturated carbocycles. The van der Waals surface area contributed by atoms with E-state index >= 15 is 0 Å². The van der Waals surface area contributed by atoms with Crippen LogP contribution in [0.5, 0.6) is 0 Å². The Labute approximate surface area is 133 Å². The van der Waals surface area contributed by atoms with Gasteiger partial charge in [-0.05, 0) is 32.1 Å². The van der Waals surface area contributed by atoms with E-state index in [0.717, 1.165) is 6.42 Å². The Balaban J connectivity index is 1.93. The van der Waals surface area contributed by atoms with E-state index in [0.29, 0.717) is 5.92 Å². The van der Waals surface area contributed by atoms with Crippen molar-refractivity contribution in [1.29, 1.82) is 0 Å². The molecule has 0 bridgehead atoms. The first-order valence-corrected chi connectivity index (χ1v) is 9.89. The minimum Gasteiger partial charge on any atom is -0.390 e. The SMILES string of the molecule is CCCCCCCCCCCCC(C)(O)C1CCCCC1. The molecule has 1 heteroatoms. The second-order valence-corrected chi connectivity index (χ2v) is 7.62. The van der Waals surface area contributed by atoms with Crippen LogP contribution in [0.1, 0.15) is 117 Å². The van der Waals surface area contributed by atoms with E-state index in [1.165, 1.54) is 96.3 Å². The summed E-state index contributed by atoms with van der Waals surface area (Å²) in [6.45, 7) is 4.37. The maximum Gasteiger partial charge on any atom is 0.0647 e. The van der Waals surface area contributed by atoms with E-state index in [1.807, 2.05) is 0 Å². The Morgan fingerprint density at radius 2 is 1.24 bits per heavy atom. The van der Waals surface area contributed by atoms with Crippen LogP contribution >= 0.6 is 0 Å². The molecule has 0 saturated heterocycles. The molecule has 1 aliphatic carbocycles. The second-order valence-electron chi connectivity index (χ2n) is 7.62. The fraction of sp³-hybridized carbons (Fsp3) is 1.00. The Kier molecular flexibility index (Phi) is 10.4. The molecule has 0 aromatic carbocycles. The van der Waals surface area contributed by atoms with E-state index in [4.69, 9.17) is 0 Å². The maximum absolute atomic E-state index is 10.7. The number of hydrogen-bond acceptors (Lipinski definition) is 1. The van der Waals surface area contributed by atoms with Crippen LogP contribution in [0.25, 0.3) is 0 Å². The highest BCUT2D eigenvalue weighted by Gasteiger charge is 2.31. The Morgan fingerprint density at radius 3 is 1.76 bits per heavy atom. The van der Waals surface area contributed by atoms with E-state index in [-0.39, 0.29) is 5.60 Å². The predicted molar refractivity (Wildman–Crippen MR) is 93.7 cm³/mol. The molecular formula is C20H40O. The van der Waals surface area contributed by atoms with E-state index in [2.05, 4.69) is 13.8 Å². The third-order valence-corrected chi connectivity index (χ3v) is 5.52. The van der Waals surface area contributed by atoms with Crippen LogP contribution in [-0.4, -0.2) is 10.7 Å². The van der Waals surface area contributed by atoms with Crippen LogP contribution in [0.15, 0.2) is 0 Å². The van der Waals surface area contributed by atoms with Crippen LogP contribution < -0.4 is 0 Å². The molecule has 1 atom stereocenters. The summed E-state index contributed by atoms with van der Waals surface area (Å²) in [5, 5.41) is 10.7. The van der Waals surface area contributed by atoms with Crippen molar-refractivity contribution in [3.8, 4) is 0 Å². The molecule has 0 amide bonds. The Hall–Kier alpha value is -0.0400. The van der Waals surface area contributed by atoms with Gasteiger partial charge in [-0.15, -0.1) is 0 Å². The molecule has 126 valence electrons. The maximum atomic E-state index is 10.7. The van der Waals surface area contributed by atoms with Crippen molar-refractivity contribution in [2.45, 2.75) is 122 Å². The van der Waals surface area contributed by atoms with Gasteiger partial charge >= 0.3 is 0 Å². The fourth-order valence-corrected chi connectivity index (χ4v) is 3.90. The Morgan fingerprint density at radius 1 is 0.762 bits per heavy atom. The normalized spacial score (nSPS) is 19.6. The molecule has 0 spiro atoms. The third-order valence-electron chi connectivity index (χ3n) is 5.52. The van der Waals surface area contributed by atoms with Gasteiger partial charge in [0.05, 0.1) is 5.60 Å². The van der Waals surface area contributed by atoms with Crippen molar-refractivity contribution in [3.63, 3.8) is 0 Å². The van der Waals surface area contributed by atoms with Gasteiger partial charge in [0.1, 0.15) is 0 Å². The van der Waals surface area contributed by atoms with Crippen molar-refractivity contribution >= 4 is 0 Å². The predicted octanol–water partition coefficient (Wildman–Crippen LogP) is 6.63. The third kappa shape index (κ3) is 8.86. The topological polar surface area (TPSA) is 20.2 Å². The van der Waals surface area contributed by atoms with Gasteiger partial charge < -0.3 is 5.11 Å². The molecule has 1 N–H and O–H groups in total. The first-order chi connectivity index (χ1) is 10.2. The van der Waals surface area contributed by atoms with Gasteiger partial charge in [0.2, 0.25) is 0 Å². The van der Waals surface area contributed by atoms with E-state index in [1.54, 1.807) is 0 Å². The van der Waals surface area contributed by atoms with E-state index in [9.17, 15) is 5.11 Å². The molecule has 0 aromatic heterocycles. The highest BCUT2D eigenvalue weighted by Crippen LogP contribution is 2.35. The molecular weight excluding hydrogens is 256 g/mol. The van der Waals surface area contributed by atoms with Crippen LogP contribution in [0.4, 0.5) is 0 Å². The zero-order valence-corrected chi connectivity index (χ0v) is 14.8. The molecule has 1 aliphatic rings. The average Bonchev–Trinajstić information content (AvgIpc) is 2.50. The summed E-state index contributed by atoms with van der Waals surface area (Å²) in [5.74, 6) is 0.574. The van der Waals surface area contributed by atoms with Crippen LogP contribution in [-0.2, 0) is 0 Å². The van der Waals surface area contributed by atoms with E-state index < -0.39 is 0 Å². The molecule has 0 radical (unpaired) electrons.